The van der Waals surface area contributed by atoms with Crippen LogP contribution in [-0.2, 0) is 13.1 Å². The van der Waals surface area contributed by atoms with Gasteiger partial charge in [0.15, 0.2) is 0 Å². The van der Waals surface area contributed by atoms with Crippen LogP contribution in [0.1, 0.15) is 50.7 Å². The van der Waals surface area contributed by atoms with E-state index in [1.165, 1.54) is 12.1 Å². The number of nitrogens with zero attached hydrogens (tertiary/aromatic N) is 2. The molecular weight excluding hydrogens is 424 g/mol. The summed E-state index contributed by atoms with van der Waals surface area (Å²) in [7, 11) is 2.15. The van der Waals surface area contributed by atoms with Crippen molar-refractivity contribution >= 4 is 6.03 Å². The third kappa shape index (κ3) is 5.64. The highest BCUT2D eigenvalue weighted by Crippen LogP contribution is 2.37. The SMILES string of the molecule is CC(C)Oc1ccc(CNC(=O)N(Cc2ccc(F)cc2F)C2C[C@H]3CC[C@@H](C2)N3C)cc1. The highest BCUT2D eigenvalue weighted by molar-refractivity contribution is 5.74. The molecule has 0 spiro atoms. The predicted octanol–water partition coefficient (Wildman–Crippen LogP) is 5.09. The number of amides is 2. The molecule has 2 bridgehead atoms. The lowest BCUT2D eigenvalue weighted by molar-refractivity contribution is 0.0860. The molecule has 2 fully saturated rings. The van der Waals surface area contributed by atoms with Gasteiger partial charge in [-0.3, -0.25) is 0 Å². The smallest absolute Gasteiger partial charge is 0.318 e. The molecule has 3 atom stereocenters. The standard InChI is InChI=1S/C26H33F2N3O2/c1-17(2)33-24-10-4-18(5-11-24)15-29-26(32)31(16-19-6-7-20(27)12-25(19)28)23-13-21-8-9-22(14-23)30(21)3/h4-7,10-12,17,21-23H,8-9,13-16H2,1-3H3,(H,29,32)/t21-,22+,23?. The highest BCUT2D eigenvalue weighted by atomic mass is 19.1. The maximum absolute atomic E-state index is 14.4. The van der Waals surface area contributed by atoms with E-state index in [4.69, 9.17) is 4.74 Å². The molecule has 2 aromatic carbocycles. The number of ether oxygens (including phenoxy) is 1. The summed E-state index contributed by atoms with van der Waals surface area (Å²) >= 11 is 0. The van der Waals surface area contributed by atoms with Crippen molar-refractivity contribution in [3.8, 4) is 5.75 Å². The van der Waals surface area contributed by atoms with Gasteiger partial charge in [-0.25, -0.2) is 13.6 Å². The average Bonchev–Trinajstić information content (AvgIpc) is 2.97. The molecule has 5 nitrogen and oxygen atoms in total. The van der Waals surface area contributed by atoms with Crippen LogP contribution < -0.4 is 10.1 Å². The van der Waals surface area contributed by atoms with Crippen LogP contribution in [0.2, 0.25) is 0 Å². The van der Waals surface area contributed by atoms with Crippen LogP contribution in [0.4, 0.5) is 13.6 Å². The van der Waals surface area contributed by atoms with Crippen LogP contribution in [0.15, 0.2) is 42.5 Å². The second-order valence-corrected chi connectivity index (χ2v) is 9.51. The molecule has 0 saturated carbocycles. The number of piperidine rings is 1. The molecule has 1 N–H and O–H groups in total. The Morgan fingerprint density at radius 1 is 1.12 bits per heavy atom. The van der Waals surface area contributed by atoms with Crippen molar-refractivity contribution in [1.29, 1.82) is 0 Å². The van der Waals surface area contributed by atoms with E-state index in [-0.39, 0.29) is 24.7 Å². The largest absolute Gasteiger partial charge is 0.491 e. The summed E-state index contributed by atoms with van der Waals surface area (Å²) in [6.45, 7) is 4.43. The number of benzene rings is 2. The van der Waals surface area contributed by atoms with E-state index in [2.05, 4.69) is 17.3 Å². The average molecular weight is 458 g/mol. The molecule has 2 aromatic rings. The quantitative estimate of drug-likeness (QED) is 0.630. The number of rotatable bonds is 7. The molecule has 33 heavy (non-hydrogen) atoms. The minimum Gasteiger partial charge on any atom is -0.491 e. The number of nitrogens with one attached hydrogen (secondary N) is 1. The van der Waals surface area contributed by atoms with Crippen molar-refractivity contribution in [2.24, 2.45) is 0 Å². The van der Waals surface area contributed by atoms with Crippen LogP contribution in [0.3, 0.4) is 0 Å². The van der Waals surface area contributed by atoms with Crippen LogP contribution in [0.25, 0.3) is 0 Å². The molecule has 0 radical (unpaired) electrons. The first-order valence-electron chi connectivity index (χ1n) is 11.8. The van der Waals surface area contributed by atoms with E-state index >= 15 is 0 Å². The van der Waals surface area contributed by atoms with Crippen molar-refractivity contribution in [2.45, 2.75) is 76.8 Å². The number of carbonyl (C=O) groups is 1. The Morgan fingerprint density at radius 2 is 1.79 bits per heavy atom. The van der Waals surface area contributed by atoms with Gasteiger partial charge in [0.25, 0.3) is 0 Å². The van der Waals surface area contributed by atoms with Gasteiger partial charge in [-0.05, 0) is 70.3 Å². The maximum atomic E-state index is 14.4. The number of carbonyl (C=O) groups excluding carboxylic acids is 1. The highest BCUT2D eigenvalue weighted by Gasteiger charge is 2.41. The minimum absolute atomic E-state index is 0.0185. The summed E-state index contributed by atoms with van der Waals surface area (Å²) in [5.74, 6) is -0.450. The van der Waals surface area contributed by atoms with Gasteiger partial charge < -0.3 is 19.9 Å². The molecule has 2 saturated heterocycles. The lowest BCUT2D eigenvalue weighted by Gasteiger charge is -2.41. The van der Waals surface area contributed by atoms with Crippen molar-refractivity contribution in [2.75, 3.05) is 7.05 Å². The van der Waals surface area contributed by atoms with Gasteiger partial charge >= 0.3 is 6.03 Å². The first-order chi connectivity index (χ1) is 15.8. The van der Waals surface area contributed by atoms with Gasteiger partial charge in [0, 0.05) is 36.3 Å². The Hall–Kier alpha value is -2.67. The second kappa shape index (κ2) is 10.1. The van der Waals surface area contributed by atoms with Gasteiger partial charge in [-0.15, -0.1) is 0 Å². The molecule has 0 aliphatic carbocycles. The van der Waals surface area contributed by atoms with Crippen molar-refractivity contribution in [1.82, 2.24) is 15.1 Å². The molecule has 2 heterocycles. The van der Waals surface area contributed by atoms with Gasteiger partial charge in [0.05, 0.1) is 12.6 Å². The zero-order valence-corrected chi connectivity index (χ0v) is 19.6. The Balaban J connectivity index is 1.47. The monoisotopic (exact) mass is 457 g/mol. The van der Waals surface area contributed by atoms with E-state index in [9.17, 15) is 13.6 Å². The van der Waals surface area contributed by atoms with E-state index in [1.54, 1.807) is 4.90 Å². The number of halogens is 2. The fraction of sp³-hybridized carbons (Fsp3) is 0.500. The van der Waals surface area contributed by atoms with Gasteiger partial charge in [0.1, 0.15) is 17.4 Å². The lowest BCUT2D eigenvalue weighted by atomic mass is 9.96. The zero-order chi connectivity index (χ0) is 23.5. The Morgan fingerprint density at radius 3 is 2.39 bits per heavy atom. The maximum Gasteiger partial charge on any atom is 0.318 e. The van der Waals surface area contributed by atoms with E-state index in [1.807, 2.05) is 38.1 Å². The normalized spacial score (nSPS) is 22.4. The fourth-order valence-electron chi connectivity index (χ4n) is 5.07. The first-order valence-corrected chi connectivity index (χ1v) is 11.8. The zero-order valence-electron chi connectivity index (χ0n) is 19.6. The fourth-order valence-corrected chi connectivity index (χ4v) is 5.07. The van der Waals surface area contributed by atoms with E-state index in [0.29, 0.717) is 24.2 Å². The van der Waals surface area contributed by atoms with E-state index in [0.717, 1.165) is 43.1 Å². The van der Waals surface area contributed by atoms with Gasteiger partial charge in [0.2, 0.25) is 0 Å². The van der Waals surface area contributed by atoms with Crippen LogP contribution >= 0.6 is 0 Å². The molecule has 2 aliphatic heterocycles. The molecule has 2 aliphatic rings. The van der Waals surface area contributed by atoms with Gasteiger partial charge in [-0.1, -0.05) is 18.2 Å². The summed E-state index contributed by atoms with van der Waals surface area (Å²) in [6.07, 6.45) is 4.08. The number of fused-ring (bicyclic) bond motifs is 2. The minimum atomic E-state index is -0.621. The number of hydrogen-bond acceptors (Lipinski definition) is 3. The summed E-state index contributed by atoms with van der Waals surface area (Å²) in [6, 6.07) is 11.9. The third-order valence-corrected chi connectivity index (χ3v) is 6.87. The predicted molar refractivity (Wildman–Crippen MR) is 124 cm³/mol. The van der Waals surface area contributed by atoms with E-state index < -0.39 is 11.6 Å². The molecule has 4 rings (SSSR count). The second-order valence-electron chi connectivity index (χ2n) is 9.51. The number of urea groups is 1. The topological polar surface area (TPSA) is 44.8 Å². The molecule has 0 aromatic heterocycles. The van der Waals surface area contributed by atoms with Gasteiger partial charge in [-0.2, -0.15) is 0 Å². The first kappa shape index (κ1) is 23.5. The van der Waals surface area contributed by atoms with Crippen LogP contribution in [-0.4, -0.2) is 47.1 Å². The van der Waals surface area contributed by atoms with Crippen LogP contribution in [0, 0.1) is 11.6 Å². The molecule has 2 amide bonds. The van der Waals surface area contributed by atoms with Crippen molar-refractivity contribution < 1.29 is 18.3 Å². The molecular formula is C26H33F2N3O2. The Bertz CT molecular complexity index is 953. The Kier molecular flexibility index (Phi) is 7.17. The molecule has 1 unspecified atom stereocenters. The lowest BCUT2D eigenvalue weighted by Crippen LogP contribution is -2.52. The summed E-state index contributed by atoms with van der Waals surface area (Å²) in [4.78, 5) is 17.5. The third-order valence-electron chi connectivity index (χ3n) is 6.87. The molecule has 178 valence electrons. The number of hydrogen-bond donors (Lipinski definition) is 1. The molecule has 7 heteroatoms. The van der Waals surface area contributed by atoms with Crippen LogP contribution in [0.5, 0.6) is 5.75 Å². The van der Waals surface area contributed by atoms with Crippen molar-refractivity contribution in [3.05, 3.63) is 65.2 Å². The summed E-state index contributed by atoms with van der Waals surface area (Å²) in [5.41, 5.74) is 1.28. The summed E-state index contributed by atoms with van der Waals surface area (Å²) in [5, 5.41) is 3.01. The summed E-state index contributed by atoms with van der Waals surface area (Å²) < 4.78 is 33.5. The Labute approximate surface area is 194 Å². The van der Waals surface area contributed by atoms with Crippen molar-refractivity contribution in [3.63, 3.8) is 0 Å².